The molecule has 0 fully saturated rings. The minimum absolute atomic E-state index is 0.0160. The molecule has 2 unspecified atom stereocenters. The smallest absolute Gasteiger partial charge is 0.308 e. The van der Waals surface area contributed by atoms with Gasteiger partial charge >= 0.3 is 5.97 Å². The first-order valence-electron chi connectivity index (χ1n) is 9.52. The van der Waals surface area contributed by atoms with Gasteiger partial charge < -0.3 is 5.11 Å². The van der Waals surface area contributed by atoms with E-state index >= 15 is 0 Å². The lowest BCUT2D eigenvalue weighted by Gasteiger charge is -2.23. The molecule has 0 aliphatic carbocycles. The van der Waals surface area contributed by atoms with E-state index in [9.17, 15) is 9.90 Å². The molecule has 0 bridgehead atoms. The van der Waals surface area contributed by atoms with Gasteiger partial charge in [-0.1, -0.05) is 54.6 Å². The third-order valence-electron chi connectivity index (χ3n) is 4.38. The number of carboxylic acid groups (broad SMARTS) is 1. The first-order chi connectivity index (χ1) is 14.2. The average molecular weight is 441 g/mol. The van der Waals surface area contributed by atoms with Crippen LogP contribution in [0.15, 0.2) is 106 Å². The van der Waals surface area contributed by atoms with Gasteiger partial charge in [-0.05, 0) is 48.6 Å². The predicted octanol–water partition coefficient (Wildman–Crippen LogP) is 6.82. The molecule has 2 nitrogen and oxygen atoms in total. The summed E-state index contributed by atoms with van der Waals surface area (Å²) in [7, 11) is 0. The molecule has 0 aliphatic heterocycles. The number of aliphatic carboxylic acids is 1. The van der Waals surface area contributed by atoms with Crippen LogP contribution in [-0.4, -0.2) is 27.8 Å². The van der Waals surface area contributed by atoms with Gasteiger partial charge in [-0.3, -0.25) is 4.79 Å². The van der Waals surface area contributed by atoms with Crippen molar-refractivity contribution in [1.82, 2.24) is 0 Å². The van der Waals surface area contributed by atoms with Gasteiger partial charge in [0.15, 0.2) is 0 Å². The highest BCUT2D eigenvalue weighted by Crippen LogP contribution is 2.35. The number of carbonyl (C=O) groups is 1. The van der Waals surface area contributed by atoms with Gasteiger partial charge in [0.25, 0.3) is 0 Å². The maximum atomic E-state index is 12.2. The molecule has 1 N–H and O–H groups in total. The first-order valence-corrected chi connectivity index (χ1v) is 12.4. The zero-order chi connectivity index (χ0) is 20.3. The number of carboxylic acids is 1. The molecular formula is C24H24O2S3. The summed E-state index contributed by atoms with van der Waals surface area (Å²) in [4.78, 5) is 15.6. The van der Waals surface area contributed by atoms with Gasteiger partial charge in [0.1, 0.15) is 0 Å². The summed E-state index contributed by atoms with van der Waals surface area (Å²) in [5.74, 6) is 0.335. The summed E-state index contributed by atoms with van der Waals surface area (Å²) in [6.07, 6.45) is 0.839. The minimum atomic E-state index is -0.716. The zero-order valence-electron chi connectivity index (χ0n) is 16.0. The van der Waals surface area contributed by atoms with Crippen molar-refractivity contribution in [3.63, 3.8) is 0 Å². The fourth-order valence-corrected chi connectivity index (χ4v) is 6.47. The molecular weight excluding hydrogens is 416 g/mol. The van der Waals surface area contributed by atoms with Crippen LogP contribution in [0.4, 0.5) is 0 Å². The molecule has 0 spiro atoms. The lowest BCUT2D eigenvalue weighted by atomic mass is 10.1. The van der Waals surface area contributed by atoms with Crippen LogP contribution in [0.25, 0.3) is 0 Å². The van der Waals surface area contributed by atoms with E-state index in [1.165, 1.54) is 4.90 Å². The zero-order valence-corrected chi connectivity index (χ0v) is 18.5. The van der Waals surface area contributed by atoms with Gasteiger partial charge in [0.05, 0.1) is 5.92 Å². The molecule has 3 aromatic rings. The van der Waals surface area contributed by atoms with Crippen LogP contribution in [0, 0.1) is 5.92 Å². The molecule has 3 rings (SSSR count). The normalized spacial score (nSPS) is 13.0. The number of rotatable bonds is 11. The van der Waals surface area contributed by atoms with E-state index in [-0.39, 0.29) is 5.25 Å². The fraction of sp³-hybridized carbons (Fsp3) is 0.208. The van der Waals surface area contributed by atoms with Crippen molar-refractivity contribution in [2.45, 2.75) is 26.4 Å². The Morgan fingerprint density at radius 1 is 0.724 bits per heavy atom. The predicted molar refractivity (Wildman–Crippen MR) is 126 cm³/mol. The summed E-state index contributed by atoms with van der Waals surface area (Å²) < 4.78 is 0. The van der Waals surface area contributed by atoms with Crippen LogP contribution in [0.5, 0.6) is 0 Å². The Morgan fingerprint density at radius 2 is 1.21 bits per heavy atom. The van der Waals surface area contributed by atoms with Crippen LogP contribution in [-0.2, 0) is 4.79 Å². The van der Waals surface area contributed by atoms with Crippen molar-refractivity contribution in [3.8, 4) is 0 Å². The molecule has 29 heavy (non-hydrogen) atoms. The Kier molecular flexibility index (Phi) is 9.06. The van der Waals surface area contributed by atoms with E-state index < -0.39 is 11.9 Å². The van der Waals surface area contributed by atoms with Crippen LogP contribution in [0.1, 0.15) is 6.42 Å². The van der Waals surface area contributed by atoms with Gasteiger partial charge in [-0.2, -0.15) is 0 Å². The van der Waals surface area contributed by atoms with Gasteiger partial charge in [-0.25, -0.2) is 0 Å². The van der Waals surface area contributed by atoms with Crippen LogP contribution >= 0.6 is 35.3 Å². The number of hydrogen-bond donors (Lipinski definition) is 1. The standard InChI is InChI=1S/C24H24O2S3/c25-24(26)22(18-28-20-12-6-2-7-13-20)23(29-21-14-8-3-9-15-21)16-17-27-19-10-4-1-5-11-19/h1-15,22-23H,16-18H2,(H,25,26). The second-order valence-corrected chi connectivity index (χ2v) is 10.1. The molecule has 0 heterocycles. The highest BCUT2D eigenvalue weighted by Gasteiger charge is 2.29. The lowest BCUT2D eigenvalue weighted by molar-refractivity contribution is -0.140. The highest BCUT2D eigenvalue weighted by atomic mass is 32.2. The third kappa shape index (κ3) is 7.50. The monoisotopic (exact) mass is 440 g/mol. The van der Waals surface area contributed by atoms with E-state index in [1.54, 1.807) is 35.3 Å². The summed E-state index contributed by atoms with van der Waals surface area (Å²) in [6.45, 7) is 0. The Labute approximate surface area is 185 Å². The van der Waals surface area contributed by atoms with E-state index in [0.717, 1.165) is 22.0 Å². The average Bonchev–Trinajstić information content (AvgIpc) is 2.76. The molecule has 0 saturated carbocycles. The molecule has 2 atom stereocenters. The van der Waals surface area contributed by atoms with Crippen LogP contribution < -0.4 is 0 Å². The van der Waals surface area contributed by atoms with Crippen LogP contribution in [0.2, 0.25) is 0 Å². The van der Waals surface area contributed by atoms with Crippen molar-refractivity contribution in [3.05, 3.63) is 91.0 Å². The molecule has 150 valence electrons. The summed E-state index contributed by atoms with van der Waals surface area (Å²) in [6, 6.07) is 30.4. The van der Waals surface area contributed by atoms with Gasteiger partial charge in [0.2, 0.25) is 0 Å². The summed E-state index contributed by atoms with van der Waals surface area (Å²) >= 11 is 5.10. The summed E-state index contributed by atoms with van der Waals surface area (Å²) in [5, 5.41) is 10.00. The highest BCUT2D eigenvalue weighted by molar-refractivity contribution is 8.01. The fourth-order valence-electron chi connectivity index (χ4n) is 2.87. The molecule has 0 saturated heterocycles. The second kappa shape index (κ2) is 12.0. The van der Waals surface area contributed by atoms with Crippen molar-refractivity contribution < 1.29 is 9.90 Å². The molecule has 3 aromatic carbocycles. The van der Waals surface area contributed by atoms with E-state index in [4.69, 9.17) is 0 Å². The van der Waals surface area contributed by atoms with Crippen molar-refractivity contribution in [2.75, 3.05) is 11.5 Å². The molecule has 0 aliphatic rings. The molecule has 5 heteroatoms. The Morgan fingerprint density at radius 3 is 1.72 bits per heavy atom. The van der Waals surface area contributed by atoms with Gasteiger partial charge in [0, 0.05) is 25.7 Å². The van der Waals surface area contributed by atoms with E-state index in [2.05, 4.69) is 24.3 Å². The Bertz CT molecular complexity index is 857. The van der Waals surface area contributed by atoms with E-state index in [1.807, 2.05) is 66.7 Å². The van der Waals surface area contributed by atoms with Crippen molar-refractivity contribution >= 4 is 41.3 Å². The van der Waals surface area contributed by atoms with Crippen molar-refractivity contribution in [2.24, 2.45) is 5.92 Å². The molecule has 0 aromatic heterocycles. The SMILES string of the molecule is O=C(O)C(CSc1ccccc1)C(CCSc1ccccc1)Sc1ccccc1. The topological polar surface area (TPSA) is 37.3 Å². The lowest BCUT2D eigenvalue weighted by Crippen LogP contribution is -2.28. The maximum Gasteiger partial charge on any atom is 0.308 e. The van der Waals surface area contributed by atoms with Crippen LogP contribution in [0.3, 0.4) is 0 Å². The molecule has 0 radical (unpaired) electrons. The number of thioether (sulfide) groups is 3. The Hall–Kier alpha value is -1.82. The number of hydrogen-bond acceptors (Lipinski definition) is 4. The Balaban J connectivity index is 1.68. The quantitative estimate of drug-likeness (QED) is 0.331. The minimum Gasteiger partial charge on any atom is -0.481 e. The number of benzene rings is 3. The third-order valence-corrected chi connectivity index (χ3v) is 7.97. The van der Waals surface area contributed by atoms with Gasteiger partial charge in [-0.15, -0.1) is 35.3 Å². The summed E-state index contributed by atoms with van der Waals surface area (Å²) in [5.41, 5.74) is 0. The van der Waals surface area contributed by atoms with E-state index in [0.29, 0.717) is 5.75 Å². The maximum absolute atomic E-state index is 12.2. The van der Waals surface area contributed by atoms with Crippen molar-refractivity contribution in [1.29, 1.82) is 0 Å². The first kappa shape index (κ1) is 21.9. The largest absolute Gasteiger partial charge is 0.481 e. The second-order valence-electron chi connectivity index (χ2n) is 6.49. The molecule has 0 amide bonds.